The quantitative estimate of drug-likeness (QED) is 0.532. The van der Waals surface area contributed by atoms with Gasteiger partial charge in [0.15, 0.2) is 0 Å². The molecule has 1 heterocycles. The number of fused-ring (bicyclic) bond motifs is 1. The van der Waals surface area contributed by atoms with Crippen molar-refractivity contribution >= 4 is 12.9 Å². The Morgan fingerprint density at radius 2 is 1.62 bits per heavy atom. The minimum atomic E-state index is -6.00. The van der Waals surface area contributed by atoms with Crippen molar-refractivity contribution < 1.29 is 17.3 Å². The highest BCUT2D eigenvalue weighted by Crippen LogP contribution is 2.31. The van der Waals surface area contributed by atoms with Crippen LogP contribution < -0.4 is 5.32 Å². The summed E-state index contributed by atoms with van der Waals surface area (Å²) in [4.78, 5) is 0. The Balaban J connectivity index is 0.000000221. The fourth-order valence-corrected chi connectivity index (χ4v) is 1.68. The first-order valence-corrected chi connectivity index (χ1v) is 4.91. The lowest BCUT2D eigenvalue weighted by Gasteiger charge is -2.17. The summed E-state index contributed by atoms with van der Waals surface area (Å²) in [5.41, 5.74) is 3.00. The first-order valence-electron chi connectivity index (χ1n) is 4.91. The summed E-state index contributed by atoms with van der Waals surface area (Å²) in [6.45, 7) is 4.46. The van der Waals surface area contributed by atoms with E-state index in [1.165, 1.54) is 11.3 Å². The molecule has 90 valence electrons. The predicted molar refractivity (Wildman–Crippen MR) is 58.0 cm³/mol. The number of halogens is 4. The van der Waals surface area contributed by atoms with Crippen molar-refractivity contribution in [1.29, 1.82) is 0 Å². The van der Waals surface area contributed by atoms with Crippen LogP contribution in [-0.2, 0) is 6.42 Å². The highest BCUT2D eigenvalue weighted by Gasteiger charge is 2.26. The lowest BCUT2D eigenvalue weighted by atomic mass is 10.0. The minimum Gasteiger partial charge on any atom is -0.418 e. The van der Waals surface area contributed by atoms with Crippen LogP contribution >= 0.6 is 0 Å². The van der Waals surface area contributed by atoms with Gasteiger partial charge in [0.1, 0.15) is 0 Å². The Labute approximate surface area is 92.0 Å². The molecule has 2 rings (SSSR count). The molecule has 0 saturated heterocycles. The molecular formula is C10H13BF4N-. The van der Waals surface area contributed by atoms with Gasteiger partial charge in [-0.15, -0.1) is 0 Å². The molecule has 0 radical (unpaired) electrons. The van der Waals surface area contributed by atoms with E-state index in [2.05, 4.69) is 43.4 Å². The first-order chi connectivity index (χ1) is 7.17. The number of hydrogen-bond donors (Lipinski definition) is 1. The number of benzene rings is 1. The van der Waals surface area contributed by atoms with Crippen LogP contribution in [0.3, 0.4) is 0 Å². The summed E-state index contributed by atoms with van der Waals surface area (Å²) in [5.74, 6) is 0. The van der Waals surface area contributed by atoms with Crippen molar-refractivity contribution in [3.05, 3.63) is 29.8 Å². The normalized spacial score (nSPS) is 16.9. The van der Waals surface area contributed by atoms with Gasteiger partial charge >= 0.3 is 7.25 Å². The molecule has 1 aromatic carbocycles. The smallest absolute Gasteiger partial charge is 0.418 e. The maximum atomic E-state index is 9.75. The largest absolute Gasteiger partial charge is 0.673 e. The zero-order chi connectivity index (χ0) is 12.4. The summed E-state index contributed by atoms with van der Waals surface area (Å²) < 4.78 is 39.0. The van der Waals surface area contributed by atoms with Gasteiger partial charge in [0.05, 0.1) is 0 Å². The van der Waals surface area contributed by atoms with Crippen LogP contribution in [0.4, 0.5) is 23.0 Å². The van der Waals surface area contributed by atoms with E-state index in [0.717, 1.165) is 6.42 Å². The highest BCUT2D eigenvalue weighted by atomic mass is 19.5. The molecule has 0 aliphatic carbocycles. The van der Waals surface area contributed by atoms with Crippen LogP contribution in [-0.4, -0.2) is 12.8 Å². The third-order valence-corrected chi connectivity index (χ3v) is 2.12. The van der Waals surface area contributed by atoms with Crippen LogP contribution in [0.25, 0.3) is 0 Å². The minimum absolute atomic E-state index is 0.254. The van der Waals surface area contributed by atoms with E-state index in [1.54, 1.807) is 0 Å². The second kappa shape index (κ2) is 4.35. The second-order valence-electron chi connectivity index (χ2n) is 4.34. The SMILES string of the molecule is CC1(C)Cc2ccccc2N1.F[B-](F)(F)F. The van der Waals surface area contributed by atoms with Crippen molar-refractivity contribution in [2.24, 2.45) is 0 Å². The molecule has 0 spiro atoms. The number of rotatable bonds is 0. The van der Waals surface area contributed by atoms with Crippen LogP contribution in [0.2, 0.25) is 0 Å². The number of para-hydroxylation sites is 1. The van der Waals surface area contributed by atoms with Crippen LogP contribution in [0, 0.1) is 0 Å². The van der Waals surface area contributed by atoms with Gasteiger partial charge in [-0.25, -0.2) is 0 Å². The molecule has 1 aliphatic heterocycles. The van der Waals surface area contributed by atoms with Crippen molar-refractivity contribution in [2.45, 2.75) is 25.8 Å². The average Bonchev–Trinajstić information content (AvgIpc) is 2.34. The molecule has 1 nitrogen and oxygen atoms in total. The van der Waals surface area contributed by atoms with Crippen molar-refractivity contribution in [1.82, 2.24) is 0 Å². The van der Waals surface area contributed by atoms with E-state index in [0.29, 0.717) is 0 Å². The van der Waals surface area contributed by atoms with E-state index in [1.807, 2.05) is 0 Å². The summed E-state index contributed by atoms with van der Waals surface area (Å²) in [6, 6.07) is 8.51. The van der Waals surface area contributed by atoms with E-state index in [9.17, 15) is 17.3 Å². The van der Waals surface area contributed by atoms with E-state index < -0.39 is 7.25 Å². The van der Waals surface area contributed by atoms with Gasteiger partial charge in [-0.2, -0.15) is 0 Å². The zero-order valence-electron chi connectivity index (χ0n) is 9.11. The van der Waals surface area contributed by atoms with Gasteiger partial charge in [0.25, 0.3) is 0 Å². The zero-order valence-corrected chi connectivity index (χ0v) is 9.11. The Bertz CT molecular complexity index is 329. The molecule has 1 aromatic rings. The fraction of sp³-hybridized carbons (Fsp3) is 0.400. The fourth-order valence-electron chi connectivity index (χ4n) is 1.68. The highest BCUT2D eigenvalue weighted by molar-refractivity contribution is 6.50. The monoisotopic (exact) mass is 234 g/mol. The molecule has 0 atom stereocenters. The van der Waals surface area contributed by atoms with Gasteiger partial charge in [-0.3, -0.25) is 0 Å². The maximum Gasteiger partial charge on any atom is 0.673 e. The van der Waals surface area contributed by atoms with E-state index in [4.69, 9.17) is 0 Å². The number of hydrogen-bond acceptors (Lipinski definition) is 1. The molecular weight excluding hydrogens is 221 g/mol. The third-order valence-electron chi connectivity index (χ3n) is 2.12. The number of nitrogens with one attached hydrogen (secondary N) is 1. The Morgan fingerprint density at radius 1 is 1.12 bits per heavy atom. The van der Waals surface area contributed by atoms with Gasteiger partial charge in [0.2, 0.25) is 0 Å². The molecule has 0 unspecified atom stereocenters. The molecule has 1 N–H and O–H groups in total. The Hall–Kier alpha value is -1.20. The summed E-state index contributed by atoms with van der Waals surface area (Å²) in [5, 5.41) is 3.47. The number of anilines is 1. The van der Waals surface area contributed by atoms with Crippen LogP contribution in [0.1, 0.15) is 19.4 Å². The molecule has 0 bridgehead atoms. The van der Waals surface area contributed by atoms with Crippen molar-refractivity contribution in [3.8, 4) is 0 Å². The molecule has 1 aliphatic rings. The van der Waals surface area contributed by atoms with Crippen molar-refractivity contribution in [3.63, 3.8) is 0 Å². The molecule has 0 aromatic heterocycles. The van der Waals surface area contributed by atoms with E-state index >= 15 is 0 Å². The van der Waals surface area contributed by atoms with Crippen LogP contribution in [0.5, 0.6) is 0 Å². The predicted octanol–water partition coefficient (Wildman–Crippen LogP) is 3.73. The first kappa shape index (κ1) is 12.9. The lowest BCUT2D eigenvalue weighted by Crippen LogP contribution is -2.26. The molecule has 0 fully saturated rings. The topological polar surface area (TPSA) is 12.0 Å². The van der Waals surface area contributed by atoms with Crippen LogP contribution in [0.15, 0.2) is 24.3 Å². The third kappa shape index (κ3) is 4.55. The Kier molecular flexibility index (Phi) is 3.50. The molecule has 16 heavy (non-hydrogen) atoms. The second-order valence-corrected chi connectivity index (χ2v) is 4.34. The summed E-state index contributed by atoms with van der Waals surface area (Å²) in [7, 11) is -6.00. The lowest BCUT2D eigenvalue weighted by molar-refractivity contribution is 0.368. The van der Waals surface area contributed by atoms with E-state index in [-0.39, 0.29) is 5.54 Å². The molecule has 0 saturated carbocycles. The Morgan fingerprint density at radius 3 is 2.12 bits per heavy atom. The van der Waals surface area contributed by atoms with Gasteiger partial charge in [-0.05, 0) is 31.9 Å². The van der Waals surface area contributed by atoms with Gasteiger partial charge in [-0.1, -0.05) is 18.2 Å². The summed E-state index contributed by atoms with van der Waals surface area (Å²) in [6.07, 6.45) is 1.14. The maximum absolute atomic E-state index is 9.75. The standard InChI is InChI=1S/C10H13N.BF4/c1-10(2)7-8-5-3-4-6-9(8)11-10;2-1(3,4)5/h3-6,11H,7H2,1-2H3;/q;-1. The van der Waals surface area contributed by atoms with Crippen molar-refractivity contribution in [2.75, 3.05) is 5.32 Å². The average molecular weight is 234 g/mol. The van der Waals surface area contributed by atoms with Gasteiger partial charge in [0, 0.05) is 11.2 Å². The molecule has 0 amide bonds. The molecule has 6 heteroatoms. The summed E-state index contributed by atoms with van der Waals surface area (Å²) >= 11 is 0. The van der Waals surface area contributed by atoms with Gasteiger partial charge < -0.3 is 22.6 Å².